The molecule has 2 rings (SSSR count). The number of amides is 1. The lowest BCUT2D eigenvalue weighted by atomic mass is 9.79. The fourth-order valence-corrected chi connectivity index (χ4v) is 2.35. The van der Waals surface area contributed by atoms with Crippen molar-refractivity contribution in [3.8, 4) is 0 Å². The van der Waals surface area contributed by atoms with Crippen molar-refractivity contribution in [2.24, 2.45) is 11.8 Å². The van der Waals surface area contributed by atoms with Gasteiger partial charge in [0.15, 0.2) is 0 Å². The average Bonchev–Trinajstić information content (AvgIpc) is 2.32. The molecule has 0 bridgehead atoms. The molecule has 0 aliphatic heterocycles. The molecule has 1 aromatic heterocycles. The number of aryl methyl sites for hydroxylation is 1. The predicted molar refractivity (Wildman–Crippen MR) is 69.1 cm³/mol. The first-order valence-electron chi connectivity index (χ1n) is 6.31. The summed E-state index contributed by atoms with van der Waals surface area (Å²) >= 11 is 0. The molecule has 18 heavy (non-hydrogen) atoms. The zero-order valence-electron chi connectivity index (χ0n) is 10.8. The number of carbonyl (C=O) groups is 2. The average molecular weight is 246 g/mol. The minimum Gasteiger partial charge on any atom is -0.310 e. The summed E-state index contributed by atoms with van der Waals surface area (Å²) in [5, 5.41) is 2.82. The number of ketones is 1. The lowest BCUT2D eigenvalue weighted by Gasteiger charge is -2.26. The molecule has 1 heterocycles. The Labute approximate surface area is 107 Å². The molecule has 1 fully saturated rings. The largest absolute Gasteiger partial charge is 0.310 e. The monoisotopic (exact) mass is 246 g/mol. The third-order valence-electron chi connectivity index (χ3n) is 3.47. The molecule has 4 heteroatoms. The Balaban J connectivity index is 1.99. The Morgan fingerprint density at radius 1 is 1.44 bits per heavy atom. The van der Waals surface area contributed by atoms with Gasteiger partial charge in [0.05, 0.1) is 0 Å². The first-order valence-corrected chi connectivity index (χ1v) is 6.31. The van der Waals surface area contributed by atoms with Gasteiger partial charge in [0.2, 0.25) is 5.91 Å². The highest BCUT2D eigenvalue weighted by atomic mass is 16.2. The predicted octanol–water partition coefficient (Wildman–Crippen LogP) is 2.33. The number of aromatic nitrogens is 1. The van der Waals surface area contributed by atoms with Crippen molar-refractivity contribution in [1.82, 2.24) is 4.98 Å². The molecule has 1 aliphatic rings. The SMILES string of the molecule is Cc1ccc(NC(=O)[C@H]2CCC(=O)C[C@@H]2C)nc1. The molecular weight excluding hydrogens is 228 g/mol. The van der Waals surface area contributed by atoms with E-state index in [-0.39, 0.29) is 23.5 Å². The Morgan fingerprint density at radius 2 is 2.22 bits per heavy atom. The molecule has 2 atom stereocenters. The Hall–Kier alpha value is -1.71. The van der Waals surface area contributed by atoms with Crippen LogP contribution in [0.1, 0.15) is 31.7 Å². The molecule has 4 nitrogen and oxygen atoms in total. The molecule has 0 unspecified atom stereocenters. The van der Waals surface area contributed by atoms with Gasteiger partial charge in [-0.05, 0) is 30.9 Å². The third kappa shape index (κ3) is 2.94. The van der Waals surface area contributed by atoms with E-state index in [4.69, 9.17) is 0 Å². The summed E-state index contributed by atoms with van der Waals surface area (Å²) in [6, 6.07) is 3.71. The number of nitrogens with zero attached hydrogens (tertiary/aromatic N) is 1. The van der Waals surface area contributed by atoms with Gasteiger partial charge in [-0.1, -0.05) is 13.0 Å². The van der Waals surface area contributed by atoms with E-state index in [1.165, 1.54) is 0 Å². The van der Waals surface area contributed by atoms with E-state index >= 15 is 0 Å². The van der Waals surface area contributed by atoms with Gasteiger partial charge < -0.3 is 5.32 Å². The smallest absolute Gasteiger partial charge is 0.228 e. The third-order valence-corrected chi connectivity index (χ3v) is 3.47. The minimum absolute atomic E-state index is 0.0219. The van der Waals surface area contributed by atoms with Crippen molar-refractivity contribution in [2.75, 3.05) is 5.32 Å². The Bertz CT molecular complexity index is 453. The molecule has 1 saturated carbocycles. The minimum atomic E-state index is -0.0780. The first kappa shape index (κ1) is 12.7. The summed E-state index contributed by atoms with van der Waals surface area (Å²) in [5.41, 5.74) is 1.06. The quantitative estimate of drug-likeness (QED) is 0.871. The van der Waals surface area contributed by atoms with Gasteiger partial charge in [0, 0.05) is 25.0 Å². The van der Waals surface area contributed by atoms with Crippen LogP contribution in [0.15, 0.2) is 18.3 Å². The zero-order chi connectivity index (χ0) is 13.1. The number of hydrogen-bond acceptors (Lipinski definition) is 3. The van der Waals surface area contributed by atoms with Crippen LogP contribution in [-0.2, 0) is 9.59 Å². The van der Waals surface area contributed by atoms with Crippen LogP contribution in [0.4, 0.5) is 5.82 Å². The topological polar surface area (TPSA) is 59.1 Å². The molecule has 1 N–H and O–H groups in total. The van der Waals surface area contributed by atoms with E-state index in [2.05, 4.69) is 10.3 Å². The van der Waals surface area contributed by atoms with Crippen molar-refractivity contribution in [3.05, 3.63) is 23.9 Å². The number of rotatable bonds is 2. The standard InChI is InChI=1S/C14H18N2O2/c1-9-3-6-13(15-8-9)16-14(18)12-5-4-11(17)7-10(12)2/h3,6,8,10,12H,4-5,7H2,1-2H3,(H,15,16,18)/t10-,12-/m0/s1. The van der Waals surface area contributed by atoms with Crippen LogP contribution < -0.4 is 5.32 Å². The molecule has 0 aromatic carbocycles. The molecule has 1 amide bonds. The molecule has 0 saturated heterocycles. The maximum Gasteiger partial charge on any atom is 0.228 e. The second-order valence-corrected chi connectivity index (χ2v) is 5.08. The zero-order valence-corrected chi connectivity index (χ0v) is 10.8. The van der Waals surface area contributed by atoms with Crippen LogP contribution in [0.5, 0.6) is 0 Å². The fourth-order valence-electron chi connectivity index (χ4n) is 2.35. The number of carbonyl (C=O) groups excluding carboxylic acids is 2. The van der Waals surface area contributed by atoms with E-state index in [1.54, 1.807) is 12.3 Å². The van der Waals surface area contributed by atoms with Gasteiger partial charge in [-0.25, -0.2) is 4.98 Å². The van der Waals surface area contributed by atoms with Crippen LogP contribution in [0.25, 0.3) is 0 Å². The maximum atomic E-state index is 12.1. The molecule has 96 valence electrons. The van der Waals surface area contributed by atoms with Gasteiger partial charge in [-0.2, -0.15) is 0 Å². The molecule has 1 aliphatic carbocycles. The summed E-state index contributed by atoms with van der Waals surface area (Å²) in [6.45, 7) is 3.91. The highest BCUT2D eigenvalue weighted by molar-refractivity contribution is 5.93. The molecule has 0 radical (unpaired) electrons. The fraction of sp³-hybridized carbons (Fsp3) is 0.500. The number of hydrogen-bond donors (Lipinski definition) is 1. The maximum absolute atomic E-state index is 12.1. The van der Waals surface area contributed by atoms with Crippen LogP contribution in [0.2, 0.25) is 0 Å². The Kier molecular flexibility index (Phi) is 3.75. The molecular formula is C14H18N2O2. The van der Waals surface area contributed by atoms with Crippen LogP contribution in [0, 0.1) is 18.8 Å². The second-order valence-electron chi connectivity index (χ2n) is 5.08. The van der Waals surface area contributed by atoms with E-state index in [0.29, 0.717) is 25.1 Å². The first-order chi connectivity index (χ1) is 8.56. The number of anilines is 1. The van der Waals surface area contributed by atoms with Crippen molar-refractivity contribution in [2.45, 2.75) is 33.1 Å². The van der Waals surface area contributed by atoms with Crippen molar-refractivity contribution in [1.29, 1.82) is 0 Å². The highest BCUT2D eigenvalue weighted by Gasteiger charge is 2.31. The van der Waals surface area contributed by atoms with Gasteiger partial charge in [0.1, 0.15) is 11.6 Å². The molecule has 0 spiro atoms. The van der Waals surface area contributed by atoms with Crippen LogP contribution >= 0.6 is 0 Å². The van der Waals surface area contributed by atoms with Gasteiger partial charge in [-0.3, -0.25) is 9.59 Å². The van der Waals surface area contributed by atoms with Crippen molar-refractivity contribution < 1.29 is 9.59 Å². The van der Waals surface area contributed by atoms with Gasteiger partial charge in [-0.15, -0.1) is 0 Å². The van der Waals surface area contributed by atoms with Gasteiger partial charge >= 0.3 is 0 Å². The highest BCUT2D eigenvalue weighted by Crippen LogP contribution is 2.28. The number of Topliss-reactive ketones (excluding diaryl/α,β-unsaturated/α-hetero) is 1. The van der Waals surface area contributed by atoms with E-state index < -0.39 is 0 Å². The summed E-state index contributed by atoms with van der Waals surface area (Å²) in [6.07, 6.45) is 3.41. The lowest BCUT2D eigenvalue weighted by Crippen LogP contribution is -2.33. The van der Waals surface area contributed by atoms with E-state index in [1.807, 2.05) is 19.9 Å². The van der Waals surface area contributed by atoms with E-state index in [9.17, 15) is 9.59 Å². The summed E-state index contributed by atoms with van der Waals surface area (Å²) in [5.74, 6) is 0.864. The van der Waals surface area contributed by atoms with E-state index in [0.717, 1.165) is 5.56 Å². The second kappa shape index (κ2) is 5.29. The summed E-state index contributed by atoms with van der Waals surface area (Å²) < 4.78 is 0. The number of pyridine rings is 1. The molecule has 1 aromatic rings. The number of nitrogens with one attached hydrogen (secondary N) is 1. The van der Waals surface area contributed by atoms with Gasteiger partial charge in [0.25, 0.3) is 0 Å². The summed E-state index contributed by atoms with van der Waals surface area (Å²) in [4.78, 5) is 27.6. The summed E-state index contributed by atoms with van der Waals surface area (Å²) in [7, 11) is 0. The van der Waals surface area contributed by atoms with Crippen molar-refractivity contribution in [3.63, 3.8) is 0 Å². The Morgan fingerprint density at radius 3 is 2.83 bits per heavy atom. The normalized spacial score (nSPS) is 23.8. The lowest BCUT2D eigenvalue weighted by molar-refractivity contribution is -0.127. The van der Waals surface area contributed by atoms with Crippen LogP contribution in [-0.4, -0.2) is 16.7 Å². The van der Waals surface area contributed by atoms with Crippen molar-refractivity contribution >= 4 is 17.5 Å². The van der Waals surface area contributed by atoms with Crippen LogP contribution in [0.3, 0.4) is 0 Å².